The van der Waals surface area contributed by atoms with Crippen molar-refractivity contribution in [3.05, 3.63) is 82.2 Å². The summed E-state index contributed by atoms with van der Waals surface area (Å²) in [7, 11) is 0. The molecular weight excluding hydrogens is 430 g/mol. The van der Waals surface area contributed by atoms with Gasteiger partial charge in [-0.25, -0.2) is 15.2 Å². The number of rotatable bonds is 6. The SMILES string of the molecule is N/N=C(/CCc1ccc(-n2ccnc(Nc3ccc(C(F)(F)F)cc3F)c2=O)cc1)NN. The fraction of sp³-hybridized carbons (Fsp3) is 0.150. The van der Waals surface area contributed by atoms with Gasteiger partial charge in [-0.3, -0.25) is 9.36 Å². The van der Waals surface area contributed by atoms with Crippen molar-refractivity contribution >= 4 is 17.3 Å². The van der Waals surface area contributed by atoms with Gasteiger partial charge >= 0.3 is 6.18 Å². The van der Waals surface area contributed by atoms with Gasteiger partial charge in [0.15, 0.2) is 5.82 Å². The predicted molar refractivity (Wildman–Crippen MR) is 112 cm³/mol. The maximum absolute atomic E-state index is 14.1. The van der Waals surface area contributed by atoms with Gasteiger partial charge in [-0.2, -0.15) is 18.3 Å². The van der Waals surface area contributed by atoms with Crippen molar-refractivity contribution in [1.29, 1.82) is 0 Å². The Hall–Kier alpha value is -3.93. The fourth-order valence-corrected chi connectivity index (χ4v) is 2.88. The zero-order valence-electron chi connectivity index (χ0n) is 16.5. The molecule has 0 aliphatic heterocycles. The van der Waals surface area contributed by atoms with E-state index < -0.39 is 23.1 Å². The molecule has 1 heterocycles. The van der Waals surface area contributed by atoms with E-state index in [1.54, 1.807) is 24.3 Å². The molecule has 0 amide bonds. The first-order chi connectivity index (χ1) is 15.2. The first kappa shape index (κ1) is 22.7. The molecule has 0 unspecified atom stereocenters. The molecule has 2 aromatic carbocycles. The molecule has 168 valence electrons. The lowest BCUT2D eigenvalue weighted by atomic mass is 10.1. The van der Waals surface area contributed by atoms with Gasteiger partial charge in [-0.1, -0.05) is 12.1 Å². The molecule has 0 bridgehead atoms. The average Bonchev–Trinajstić information content (AvgIpc) is 2.77. The minimum absolute atomic E-state index is 0.243. The number of amidine groups is 1. The zero-order valence-corrected chi connectivity index (χ0v) is 16.5. The van der Waals surface area contributed by atoms with Gasteiger partial charge in [0.1, 0.15) is 11.7 Å². The summed E-state index contributed by atoms with van der Waals surface area (Å²) in [5, 5.41) is 5.96. The van der Waals surface area contributed by atoms with Gasteiger partial charge in [0.25, 0.3) is 5.56 Å². The Bertz CT molecular complexity index is 1170. The molecule has 0 spiro atoms. The van der Waals surface area contributed by atoms with Crippen LogP contribution in [0.1, 0.15) is 17.5 Å². The van der Waals surface area contributed by atoms with Crippen LogP contribution in [0.15, 0.2) is 64.8 Å². The highest BCUT2D eigenvalue weighted by Gasteiger charge is 2.31. The number of hydrazine groups is 1. The van der Waals surface area contributed by atoms with Crippen LogP contribution in [0.25, 0.3) is 5.69 Å². The van der Waals surface area contributed by atoms with E-state index in [2.05, 4.69) is 20.8 Å². The minimum atomic E-state index is -4.68. The van der Waals surface area contributed by atoms with Crippen LogP contribution in [-0.4, -0.2) is 15.4 Å². The second-order valence-corrected chi connectivity index (χ2v) is 6.65. The standard InChI is InChI=1S/C20H19F4N7O/c21-15-11-13(20(22,23)24)4-7-16(15)28-18-19(32)31(10-9-27-18)14-5-1-12(2-6-14)3-8-17(29-25)30-26/h1-2,4-7,9-11H,3,8,25-26H2,(H,27,28)(H,29,30). The number of hydrogen-bond donors (Lipinski definition) is 4. The molecule has 6 N–H and O–H groups in total. The predicted octanol–water partition coefficient (Wildman–Crippen LogP) is 2.80. The van der Waals surface area contributed by atoms with Crippen LogP contribution in [0.4, 0.5) is 29.1 Å². The van der Waals surface area contributed by atoms with E-state index in [1.165, 1.54) is 17.0 Å². The van der Waals surface area contributed by atoms with Crippen molar-refractivity contribution in [3.63, 3.8) is 0 Å². The topological polar surface area (TPSA) is 123 Å². The maximum Gasteiger partial charge on any atom is 0.416 e. The Kier molecular flexibility index (Phi) is 6.73. The van der Waals surface area contributed by atoms with Crippen molar-refractivity contribution in [2.24, 2.45) is 16.8 Å². The number of benzene rings is 2. The zero-order chi connectivity index (χ0) is 23.3. The number of hydrazone groups is 1. The van der Waals surface area contributed by atoms with E-state index in [4.69, 9.17) is 11.7 Å². The number of nitrogens with two attached hydrogens (primary N) is 2. The smallest absolute Gasteiger partial charge is 0.333 e. The van der Waals surface area contributed by atoms with Gasteiger partial charge in [0, 0.05) is 24.5 Å². The molecule has 3 aromatic rings. The highest BCUT2D eigenvalue weighted by Crippen LogP contribution is 2.31. The van der Waals surface area contributed by atoms with Gasteiger partial charge in [-0.15, -0.1) is 0 Å². The van der Waals surface area contributed by atoms with Crippen molar-refractivity contribution in [3.8, 4) is 5.69 Å². The van der Waals surface area contributed by atoms with Crippen LogP contribution >= 0.6 is 0 Å². The number of hydrogen-bond acceptors (Lipinski definition) is 6. The van der Waals surface area contributed by atoms with Crippen molar-refractivity contribution in [2.75, 3.05) is 5.32 Å². The number of anilines is 2. The van der Waals surface area contributed by atoms with Crippen LogP contribution in [0.2, 0.25) is 0 Å². The molecule has 0 saturated carbocycles. The third-order valence-corrected chi connectivity index (χ3v) is 4.58. The average molecular weight is 449 g/mol. The summed E-state index contributed by atoms with van der Waals surface area (Å²) >= 11 is 0. The lowest BCUT2D eigenvalue weighted by Gasteiger charge is -2.12. The van der Waals surface area contributed by atoms with Crippen LogP contribution in [0, 0.1) is 5.82 Å². The van der Waals surface area contributed by atoms with Crippen LogP contribution in [0.3, 0.4) is 0 Å². The summed E-state index contributed by atoms with van der Waals surface area (Å²) in [5.74, 6) is 9.51. The van der Waals surface area contributed by atoms with E-state index in [9.17, 15) is 22.4 Å². The fourth-order valence-electron chi connectivity index (χ4n) is 2.88. The second-order valence-electron chi connectivity index (χ2n) is 6.65. The van der Waals surface area contributed by atoms with Gasteiger partial charge < -0.3 is 16.6 Å². The van der Waals surface area contributed by atoms with E-state index >= 15 is 0 Å². The van der Waals surface area contributed by atoms with Gasteiger partial charge in [0.2, 0.25) is 0 Å². The Labute approximate surface area is 179 Å². The first-order valence-electron chi connectivity index (χ1n) is 9.27. The number of nitrogens with zero attached hydrogens (tertiary/aromatic N) is 3. The summed E-state index contributed by atoms with van der Waals surface area (Å²) < 4.78 is 53.5. The third kappa shape index (κ3) is 5.21. The van der Waals surface area contributed by atoms with E-state index in [0.717, 1.165) is 11.6 Å². The Morgan fingerprint density at radius 3 is 2.47 bits per heavy atom. The molecule has 3 rings (SSSR count). The Balaban J connectivity index is 1.81. The first-order valence-corrected chi connectivity index (χ1v) is 9.27. The lowest BCUT2D eigenvalue weighted by molar-refractivity contribution is -0.137. The molecule has 0 radical (unpaired) electrons. The summed E-state index contributed by atoms with van der Waals surface area (Å²) in [6, 6.07) is 8.98. The number of alkyl halides is 3. The quantitative estimate of drug-likeness (QED) is 0.151. The maximum atomic E-state index is 14.1. The van der Waals surface area contributed by atoms with Crippen LogP contribution in [0.5, 0.6) is 0 Å². The van der Waals surface area contributed by atoms with Crippen molar-refractivity contribution < 1.29 is 17.6 Å². The summed E-state index contributed by atoms with van der Waals surface area (Å²) in [6.07, 6.45) is -0.845. The third-order valence-electron chi connectivity index (χ3n) is 4.58. The Morgan fingerprint density at radius 2 is 1.88 bits per heavy atom. The monoisotopic (exact) mass is 449 g/mol. The molecule has 12 heteroatoms. The van der Waals surface area contributed by atoms with Crippen LogP contribution < -0.4 is 28.0 Å². The van der Waals surface area contributed by atoms with E-state index in [-0.39, 0.29) is 11.5 Å². The second kappa shape index (κ2) is 9.47. The van der Waals surface area contributed by atoms with Crippen molar-refractivity contribution in [1.82, 2.24) is 15.0 Å². The molecule has 0 aliphatic rings. The molecular formula is C20H19F4N7O. The summed E-state index contributed by atoms with van der Waals surface area (Å²) in [6.45, 7) is 0. The Morgan fingerprint density at radius 1 is 1.16 bits per heavy atom. The van der Waals surface area contributed by atoms with E-state index in [0.29, 0.717) is 36.5 Å². The molecule has 0 saturated heterocycles. The van der Waals surface area contributed by atoms with Gasteiger partial charge in [0.05, 0.1) is 11.3 Å². The minimum Gasteiger partial charge on any atom is -0.333 e. The number of aryl methyl sites for hydroxylation is 1. The lowest BCUT2D eigenvalue weighted by Crippen LogP contribution is -2.31. The molecule has 0 aliphatic carbocycles. The number of halogens is 4. The molecule has 0 fully saturated rings. The normalized spacial score (nSPS) is 12.0. The number of nitrogens with one attached hydrogen (secondary N) is 2. The largest absolute Gasteiger partial charge is 0.416 e. The highest BCUT2D eigenvalue weighted by molar-refractivity contribution is 5.81. The summed E-state index contributed by atoms with van der Waals surface area (Å²) in [4.78, 5) is 16.7. The number of aromatic nitrogens is 2. The highest BCUT2D eigenvalue weighted by atomic mass is 19.4. The molecule has 8 nitrogen and oxygen atoms in total. The van der Waals surface area contributed by atoms with Crippen molar-refractivity contribution in [2.45, 2.75) is 19.0 Å². The summed E-state index contributed by atoms with van der Waals surface area (Å²) in [5.41, 5.74) is 1.80. The van der Waals surface area contributed by atoms with Crippen LogP contribution in [-0.2, 0) is 12.6 Å². The molecule has 32 heavy (non-hydrogen) atoms. The molecule has 0 atom stereocenters. The van der Waals surface area contributed by atoms with Gasteiger partial charge in [-0.05, 0) is 42.3 Å². The molecule has 1 aromatic heterocycles. The van der Waals surface area contributed by atoms with E-state index in [1.807, 2.05) is 0 Å².